The predicted octanol–water partition coefficient (Wildman–Crippen LogP) is 6.59. The normalized spacial score (nSPS) is 14.8. The number of ether oxygens (including phenoxy) is 1. The van der Waals surface area contributed by atoms with Gasteiger partial charge in [-0.1, -0.05) is 48.2 Å². The lowest BCUT2D eigenvalue weighted by Gasteiger charge is -2.30. The molecular formula is C32H27F3N4O4S. The van der Waals surface area contributed by atoms with Gasteiger partial charge in [0.2, 0.25) is 5.91 Å². The van der Waals surface area contributed by atoms with Crippen LogP contribution in [0.15, 0.2) is 101 Å². The fourth-order valence-corrected chi connectivity index (χ4v) is 5.41. The molecule has 3 aromatic carbocycles. The fourth-order valence-electron chi connectivity index (χ4n) is 4.52. The Bertz CT molecular complexity index is 1660. The van der Waals surface area contributed by atoms with Gasteiger partial charge in [-0.3, -0.25) is 9.59 Å². The molecule has 0 aromatic heterocycles. The molecule has 1 aliphatic rings. The van der Waals surface area contributed by atoms with Crippen molar-refractivity contribution in [3.05, 3.63) is 117 Å². The van der Waals surface area contributed by atoms with E-state index >= 15 is 0 Å². The van der Waals surface area contributed by atoms with E-state index in [9.17, 15) is 32.8 Å². The van der Waals surface area contributed by atoms with Crippen LogP contribution in [0, 0.1) is 11.3 Å². The average Bonchev–Trinajstić information content (AvgIpc) is 3.00. The van der Waals surface area contributed by atoms with Crippen molar-refractivity contribution in [2.75, 3.05) is 23.0 Å². The number of thioether (sulfide) groups is 1. The largest absolute Gasteiger partial charge is 0.462 e. The number of rotatable bonds is 9. The lowest BCUT2D eigenvalue weighted by atomic mass is 9.82. The van der Waals surface area contributed by atoms with E-state index in [1.54, 1.807) is 56.3 Å². The second-order valence-electron chi connectivity index (χ2n) is 9.53. The van der Waals surface area contributed by atoms with Crippen LogP contribution in [0.3, 0.4) is 0 Å². The van der Waals surface area contributed by atoms with Gasteiger partial charge in [0.1, 0.15) is 0 Å². The number of anilines is 2. The first-order chi connectivity index (χ1) is 21.0. The first kappa shape index (κ1) is 31.9. The van der Waals surface area contributed by atoms with Gasteiger partial charge in [0.25, 0.3) is 5.91 Å². The fraction of sp³-hybridized carbons (Fsp3) is 0.188. The number of dihydropyridines is 1. The number of carbonyl (C=O) groups excluding carboxylic acids is 3. The minimum absolute atomic E-state index is 0.0102. The molecule has 0 bridgehead atoms. The third kappa shape index (κ3) is 7.67. The van der Waals surface area contributed by atoms with Crippen molar-refractivity contribution in [3.8, 4) is 6.07 Å². The Morgan fingerprint density at radius 3 is 2.32 bits per heavy atom. The van der Waals surface area contributed by atoms with Gasteiger partial charge in [-0.15, -0.1) is 0 Å². The molecule has 1 unspecified atom stereocenters. The van der Waals surface area contributed by atoms with Crippen LogP contribution in [-0.2, 0) is 20.5 Å². The summed E-state index contributed by atoms with van der Waals surface area (Å²) < 4.78 is 44.2. The topological polar surface area (TPSA) is 120 Å². The van der Waals surface area contributed by atoms with Crippen molar-refractivity contribution < 1.29 is 32.3 Å². The summed E-state index contributed by atoms with van der Waals surface area (Å²) >= 11 is 0.997. The number of alkyl halides is 3. The maximum atomic E-state index is 13.6. The smallest absolute Gasteiger partial charge is 0.416 e. The summed E-state index contributed by atoms with van der Waals surface area (Å²) in [5.41, 5.74) is 1.43. The second kappa shape index (κ2) is 14.0. The third-order valence-corrected chi connectivity index (χ3v) is 7.52. The minimum atomic E-state index is -4.56. The zero-order chi connectivity index (χ0) is 31.9. The first-order valence-corrected chi connectivity index (χ1v) is 14.4. The molecule has 3 N–H and O–H groups in total. The van der Waals surface area contributed by atoms with E-state index in [2.05, 4.69) is 22.0 Å². The van der Waals surface area contributed by atoms with Crippen LogP contribution in [-0.4, -0.2) is 30.1 Å². The van der Waals surface area contributed by atoms with E-state index in [4.69, 9.17) is 4.74 Å². The molecule has 2 amide bonds. The standard InChI is InChI=1S/C32H27F3N4O4S/c1-3-43-31(42)21-12-14-23(15-13-21)39-29(41)27-19(2)37-30(25(17-36)28(27)20-8-5-4-6-9-20)44-18-26(40)38-24-11-7-10-22(16-24)32(33,34)35/h4-16,28,37H,3,18H2,1-2H3,(H,38,40)(H,39,41). The second-order valence-corrected chi connectivity index (χ2v) is 10.5. The molecule has 1 aliphatic heterocycles. The summed E-state index contributed by atoms with van der Waals surface area (Å²) in [6.45, 7) is 3.60. The SMILES string of the molecule is CCOC(=O)c1ccc(NC(=O)C2=C(C)NC(SCC(=O)Nc3cccc(C(F)(F)F)c3)=C(C#N)C2c2ccccc2)cc1. The van der Waals surface area contributed by atoms with Gasteiger partial charge in [-0.25, -0.2) is 4.79 Å². The van der Waals surface area contributed by atoms with Gasteiger partial charge in [-0.05, 0) is 61.9 Å². The van der Waals surface area contributed by atoms with Gasteiger partial charge in [0.15, 0.2) is 0 Å². The van der Waals surface area contributed by atoms with Crippen LogP contribution in [0.1, 0.15) is 41.3 Å². The number of amides is 2. The third-order valence-electron chi connectivity index (χ3n) is 6.50. The van der Waals surface area contributed by atoms with Crippen LogP contribution >= 0.6 is 11.8 Å². The molecule has 8 nitrogen and oxygen atoms in total. The number of nitriles is 1. The highest BCUT2D eigenvalue weighted by molar-refractivity contribution is 8.03. The summed E-state index contributed by atoms with van der Waals surface area (Å²) in [5, 5.41) is 18.9. The highest BCUT2D eigenvalue weighted by Gasteiger charge is 2.35. The number of esters is 1. The Balaban J connectivity index is 1.56. The molecule has 0 saturated heterocycles. The molecular weight excluding hydrogens is 593 g/mol. The summed E-state index contributed by atoms with van der Waals surface area (Å²) in [6, 6.07) is 21.6. The van der Waals surface area contributed by atoms with Crippen molar-refractivity contribution >= 4 is 40.9 Å². The van der Waals surface area contributed by atoms with Gasteiger partial charge < -0.3 is 20.7 Å². The van der Waals surface area contributed by atoms with E-state index in [1.165, 1.54) is 24.3 Å². The Morgan fingerprint density at radius 1 is 0.977 bits per heavy atom. The van der Waals surface area contributed by atoms with Crippen molar-refractivity contribution in [2.24, 2.45) is 0 Å². The molecule has 0 aliphatic carbocycles. The Labute approximate surface area is 256 Å². The number of hydrogen-bond donors (Lipinski definition) is 3. The molecule has 0 fully saturated rings. The monoisotopic (exact) mass is 620 g/mol. The van der Waals surface area contributed by atoms with Crippen LogP contribution in [0.4, 0.5) is 24.5 Å². The molecule has 3 aromatic rings. The minimum Gasteiger partial charge on any atom is -0.462 e. The molecule has 226 valence electrons. The predicted molar refractivity (Wildman–Crippen MR) is 161 cm³/mol. The van der Waals surface area contributed by atoms with E-state index < -0.39 is 35.4 Å². The molecule has 44 heavy (non-hydrogen) atoms. The number of benzene rings is 3. The Kier molecular flexibility index (Phi) is 10.1. The van der Waals surface area contributed by atoms with E-state index in [0.29, 0.717) is 27.5 Å². The zero-order valence-electron chi connectivity index (χ0n) is 23.6. The lowest BCUT2D eigenvalue weighted by Crippen LogP contribution is -2.31. The van der Waals surface area contributed by atoms with E-state index in [1.807, 2.05) is 0 Å². The molecule has 1 heterocycles. The summed E-state index contributed by atoms with van der Waals surface area (Å²) in [5.74, 6) is -2.54. The highest BCUT2D eigenvalue weighted by Crippen LogP contribution is 2.41. The van der Waals surface area contributed by atoms with Crippen molar-refractivity contribution in [3.63, 3.8) is 0 Å². The first-order valence-electron chi connectivity index (χ1n) is 13.4. The van der Waals surface area contributed by atoms with E-state index in [0.717, 1.165) is 23.9 Å². The number of allylic oxidation sites excluding steroid dienone is 2. The summed E-state index contributed by atoms with van der Waals surface area (Å²) in [4.78, 5) is 38.3. The van der Waals surface area contributed by atoms with Crippen molar-refractivity contribution in [1.29, 1.82) is 5.26 Å². The number of nitrogens with zero attached hydrogens (tertiary/aromatic N) is 1. The van der Waals surface area contributed by atoms with Gasteiger partial charge in [0.05, 0.1) is 46.1 Å². The molecule has 4 rings (SSSR count). The highest BCUT2D eigenvalue weighted by atomic mass is 32.2. The number of halogens is 3. The van der Waals surface area contributed by atoms with Gasteiger partial charge in [0, 0.05) is 22.6 Å². The summed E-state index contributed by atoms with van der Waals surface area (Å²) in [6.07, 6.45) is -4.56. The number of nitrogens with one attached hydrogen (secondary N) is 3. The van der Waals surface area contributed by atoms with Crippen molar-refractivity contribution in [1.82, 2.24) is 5.32 Å². The van der Waals surface area contributed by atoms with Gasteiger partial charge in [-0.2, -0.15) is 18.4 Å². The zero-order valence-corrected chi connectivity index (χ0v) is 24.4. The Morgan fingerprint density at radius 2 is 1.68 bits per heavy atom. The maximum absolute atomic E-state index is 13.6. The quantitative estimate of drug-likeness (QED) is 0.231. The molecule has 0 spiro atoms. The maximum Gasteiger partial charge on any atom is 0.416 e. The molecule has 0 saturated carbocycles. The lowest BCUT2D eigenvalue weighted by molar-refractivity contribution is -0.137. The summed E-state index contributed by atoms with van der Waals surface area (Å²) in [7, 11) is 0. The molecule has 0 radical (unpaired) electrons. The van der Waals surface area contributed by atoms with Crippen LogP contribution < -0.4 is 16.0 Å². The number of hydrogen-bond acceptors (Lipinski definition) is 7. The Hall–Kier alpha value is -5.02. The molecule has 1 atom stereocenters. The molecule has 12 heteroatoms. The van der Waals surface area contributed by atoms with Crippen LogP contribution in [0.5, 0.6) is 0 Å². The van der Waals surface area contributed by atoms with Crippen LogP contribution in [0.25, 0.3) is 0 Å². The number of carbonyl (C=O) groups is 3. The van der Waals surface area contributed by atoms with Gasteiger partial charge >= 0.3 is 12.1 Å². The average molecular weight is 621 g/mol. The van der Waals surface area contributed by atoms with Crippen molar-refractivity contribution in [2.45, 2.75) is 25.9 Å². The van der Waals surface area contributed by atoms with E-state index in [-0.39, 0.29) is 29.2 Å². The van der Waals surface area contributed by atoms with Crippen LogP contribution in [0.2, 0.25) is 0 Å².